The van der Waals surface area contributed by atoms with Crippen LogP contribution in [0, 0.1) is 13.8 Å². The van der Waals surface area contributed by atoms with Crippen LogP contribution in [-0.2, 0) is 6.54 Å². The van der Waals surface area contributed by atoms with Crippen molar-refractivity contribution in [1.82, 2.24) is 19.5 Å². The summed E-state index contributed by atoms with van der Waals surface area (Å²) in [7, 11) is 0. The molecule has 0 amide bonds. The first-order chi connectivity index (χ1) is 8.68. The Morgan fingerprint density at radius 2 is 2.11 bits per heavy atom. The minimum atomic E-state index is 0.539. The Bertz CT molecular complexity index is 699. The standard InChI is InChI=1S/C12H13N5S/c1-7-8(2)17(3-9-4-18-6-16-9)12-10(7)11(13)14-5-15-12/h4-6H,3H2,1-2H3,(H2,13,14,15). The van der Waals surface area contributed by atoms with Crippen LogP contribution in [0.25, 0.3) is 11.0 Å². The molecule has 0 aliphatic heterocycles. The largest absolute Gasteiger partial charge is 0.383 e. The number of nitrogen functional groups attached to an aromatic ring is 1. The maximum atomic E-state index is 5.93. The third kappa shape index (κ3) is 1.57. The van der Waals surface area contributed by atoms with Crippen molar-refractivity contribution in [2.45, 2.75) is 20.4 Å². The van der Waals surface area contributed by atoms with Gasteiger partial charge in [-0.25, -0.2) is 15.0 Å². The van der Waals surface area contributed by atoms with E-state index in [1.807, 2.05) is 10.9 Å². The van der Waals surface area contributed by atoms with Gasteiger partial charge in [-0.3, -0.25) is 0 Å². The summed E-state index contributed by atoms with van der Waals surface area (Å²) in [5.74, 6) is 0.539. The molecule has 0 saturated carbocycles. The van der Waals surface area contributed by atoms with Crippen LogP contribution in [0.15, 0.2) is 17.2 Å². The Labute approximate surface area is 108 Å². The minimum absolute atomic E-state index is 0.539. The molecule has 18 heavy (non-hydrogen) atoms. The summed E-state index contributed by atoms with van der Waals surface area (Å²) in [4.78, 5) is 12.7. The van der Waals surface area contributed by atoms with Gasteiger partial charge < -0.3 is 10.3 Å². The molecule has 0 atom stereocenters. The SMILES string of the molecule is Cc1c(C)n(Cc2cscn2)c2ncnc(N)c12. The number of aromatic nitrogens is 4. The lowest BCUT2D eigenvalue weighted by Crippen LogP contribution is -2.03. The van der Waals surface area contributed by atoms with Crippen LogP contribution < -0.4 is 5.73 Å². The van der Waals surface area contributed by atoms with Crippen molar-refractivity contribution >= 4 is 28.2 Å². The Morgan fingerprint density at radius 1 is 1.28 bits per heavy atom. The molecule has 0 aliphatic rings. The summed E-state index contributed by atoms with van der Waals surface area (Å²) in [6.45, 7) is 4.84. The molecular formula is C12H13N5S. The predicted octanol–water partition coefficient (Wildman–Crippen LogP) is 2.14. The third-order valence-electron chi connectivity index (χ3n) is 3.24. The average molecular weight is 259 g/mol. The fourth-order valence-corrected chi connectivity index (χ4v) is 2.72. The van der Waals surface area contributed by atoms with Crippen LogP contribution >= 0.6 is 11.3 Å². The normalized spacial score (nSPS) is 11.2. The van der Waals surface area contributed by atoms with Gasteiger partial charge >= 0.3 is 0 Å². The number of nitrogens with two attached hydrogens (primary N) is 1. The van der Waals surface area contributed by atoms with Crippen molar-refractivity contribution < 1.29 is 0 Å². The molecule has 0 unspecified atom stereocenters. The van der Waals surface area contributed by atoms with Gasteiger partial charge in [0.25, 0.3) is 0 Å². The Balaban J connectivity index is 2.23. The van der Waals surface area contributed by atoms with Gasteiger partial charge in [0.15, 0.2) is 0 Å². The smallest absolute Gasteiger partial charge is 0.146 e. The van der Waals surface area contributed by atoms with E-state index in [0.717, 1.165) is 34.5 Å². The number of hydrogen-bond donors (Lipinski definition) is 1. The second-order valence-electron chi connectivity index (χ2n) is 4.23. The number of aryl methyl sites for hydroxylation is 1. The summed E-state index contributed by atoms with van der Waals surface area (Å²) in [6.07, 6.45) is 1.51. The highest BCUT2D eigenvalue weighted by molar-refractivity contribution is 7.07. The highest BCUT2D eigenvalue weighted by Crippen LogP contribution is 2.27. The molecule has 0 aromatic carbocycles. The molecule has 3 heterocycles. The topological polar surface area (TPSA) is 69.6 Å². The molecule has 0 aliphatic carbocycles. The van der Waals surface area contributed by atoms with Crippen LogP contribution in [0.3, 0.4) is 0 Å². The monoisotopic (exact) mass is 259 g/mol. The maximum Gasteiger partial charge on any atom is 0.146 e. The van der Waals surface area contributed by atoms with Crippen LogP contribution in [0.5, 0.6) is 0 Å². The van der Waals surface area contributed by atoms with E-state index in [9.17, 15) is 0 Å². The molecule has 3 aromatic heterocycles. The molecule has 6 heteroatoms. The molecule has 5 nitrogen and oxygen atoms in total. The highest BCUT2D eigenvalue weighted by Gasteiger charge is 2.15. The first-order valence-electron chi connectivity index (χ1n) is 5.61. The molecule has 0 saturated heterocycles. The number of nitrogens with zero attached hydrogens (tertiary/aromatic N) is 4. The van der Waals surface area contributed by atoms with Crippen molar-refractivity contribution in [2.75, 3.05) is 5.73 Å². The number of hydrogen-bond acceptors (Lipinski definition) is 5. The number of fused-ring (bicyclic) bond motifs is 1. The van der Waals surface area contributed by atoms with Crippen molar-refractivity contribution in [3.05, 3.63) is 34.2 Å². The summed E-state index contributed by atoms with van der Waals surface area (Å²) >= 11 is 1.60. The first kappa shape index (κ1) is 11.2. The lowest BCUT2D eigenvalue weighted by molar-refractivity contribution is 0.773. The van der Waals surface area contributed by atoms with Crippen LogP contribution in [0.1, 0.15) is 17.0 Å². The molecule has 0 radical (unpaired) electrons. The lowest BCUT2D eigenvalue weighted by atomic mass is 10.2. The van der Waals surface area contributed by atoms with Gasteiger partial charge in [0.05, 0.1) is 23.1 Å². The highest BCUT2D eigenvalue weighted by atomic mass is 32.1. The van der Waals surface area contributed by atoms with Crippen molar-refractivity contribution in [3.8, 4) is 0 Å². The van der Waals surface area contributed by atoms with E-state index in [-0.39, 0.29) is 0 Å². The number of thiazole rings is 1. The fourth-order valence-electron chi connectivity index (χ4n) is 2.17. The summed E-state index contributed by atoms with van der Waals surface area (Å²) in [6, 6.07) is 0. The lowest BCUT2D eigenvalue weighted by Gasteiger charge is -2.05. The predicted molar refractivity (Wildman–Crippen MR) is 72.6 cm³/mol. The fraction of sp³-hybridized carbons (Fsp3) is 0.250. The molecular weight excluding hydrogens is 246 g/mol. The molecule has 3 aromatic rings. The second kappa shape index (κ2) is 4.06. The van der Waals surface area contributed by atoms with E-state index in [2.05, 4.69) is 33.4 Å². The van der Waals surface area contributed by atoms with Crippen LogP contribution in [-0.4, -0.2) is 19.5 Å². The zero-order valence-corrected chi connectivity index (χ0v) is 11.0. The van der Waals surface area contributed by atoms with Gasteiger partial charge in [0.1, 0.15) is 17.8 Å². The zero-order chi connectivity index (χ0) is 12.7. The van der Waals surface area contributed by atoms with Gasteiger partial charge in [0.2, 0.25) is 0 Å². The van der Waals surface area contributed by atoms with Crippen LogP contribution in [0.4, 0.5) is 5.82 Å². The number of anilines is 1. The maximum absolute atomic E-state index is 5.93. The van der Waals surface area contributed by atoms with Gasteiger partial charge in [-0.2, -0.15) is 0 Å². The van der Waals surface area contributed by atoms with Crippen molar-refractivity contribution in [2.24, 2.45) is 0 Å². The van der Waals surface area contributed by atoms with Gasteiger partial charge in [-0.05, 0) is 19.4 Å². The van der Waals surface area contributed by atoms with Gasteiger partial charge in [0, 0.05) is 11.1 Å². The molecule has 0 bridgehead atoms. The molecule has 3 rings (SSSR count). The Hall–Kier alpha value is -1.95. The molecule has 92 valence electrons. The average Bonchev–Trinajstić information content (AvgIpc) is 2.94. The van der Waals surface area contributed by atoms with Gasteiger partial charge in [-0.15, -0.1) is 11.3 Å². The van der Waals surface area contributed by atoms with Crippen molar-refractivity contribution in [1.29, 1.82) is 0 Å². The summed E-state index contributed by atoms with van der Waals surface area (Å²) < 4.78 is 2.14. The molecule has 2 N–H and O–H groups in total. The molecule has 0 spiro atoms. The third-order valence-corrected chi connectivity index (χ3v) is 3.87. The Morgan fingerprint density at radius 3 is 2.83 bits per heavy atom. The zero-order valence-electron chi connectivity index (χ0n) is 10.2. The minimum Gasteiger partial charge on any atom is -0.383 e. The summed E-state index contributed by atoms with van der Waals surface area (Å²) in [5.41, 5.74) is 12.0. The van der Waals surface area contributed by atoms with E-state index in [4.69, 9.17) is 5.73 Å². The number of rotatable bonds is 2. The van der Waals surface area contributed by atoms with Crippen LogP contribution in [0.2, 0.25) is 0 Å². The van der Waals surface area contributed by atoms with E-state index < -0.39 is 0 Å². The van der Waals surface area contributed by atoms with E-state index >= 15 is 0 Å². The second-order valence-corrected chi connectivity index (χ2v) is 4.95. The molecule has 0 fully saturated rings. The van der Waals surface area contributed by atoms with E-state index in [0.29, 0.717) is 5.82 Å². The van der Waals surface area contributed by atoms with Crippen molar-refractivity contribution in [3.63, 3.8) is 0 Å². The Kier molecular flexibility index (Phi) is 2.52. The van der Waals surface area contributed by atoms with Gasteiger partial charge in [-0.1, -0.05) is 0 Å². The summed E-state index contributed by atoms with van der Waals surface area (Å²) in [5, 5.41) is 3.00. The van der Waals surface area contributed by atoms with E-state index in [1.54, 1.807) is 11.3 Å². The van der Waals surface area contributed by atoms with E-state index in [1.165, 1.54) is 6.33 Å². The quantitative estimate of drug-likeness (QED) is 0.765. The first-order valence-corrected chi connectivity index (χ1v) is 6.55.